The van der Waals surface area contributed by atoms with Crippen LogP contribution in [0.25, 0.3) is 0 Å². The van der Waals surface area contributed by atoms with Crippen LogP contribution in [0.2, 0.25) is 0 Å². The van der Waals surface area contributed by atoms with Gasteiger partial charge in [-0.3, -0.25) is 19.8 Å². The number of nitriles is 1. The molecule has 4 rings (SSSR count). The molecule has 2 N–H and O–H groups in total. The van der Waals surface area contributed by atoms with E-state index in [2.05, 4.69) is 16.7 Å². The Morgan fingerprint density at radius 2 is 2.00 bits per heavy atom. The number of halogens is 1. The third-order valence-corrected chi connectivity index (χ3v) is 7.16. The van der Waals surface area contributed by atoms with Gasteiger partial charge in [0.15, 0.2) is 0 Å². The van der Waals surface area contributed by atoms with Gasteiger partial charge in [0.2, 0.25) is 5.91 Å². The lowest BCUT2D eigenvalue weighted by Crippen LogP contribution is -2.60. The Bertz CT molecular complexity index is 1290. The molecule has 0 bridgehead atoms. The molecule has 2 heterocycles. The minimum atomic E-state index is -0.988. The zero-order valence-corrected chi connectivity index (χ0v) is 21.4. The normalized spacial score (nSPS) is 22.4. The number of benzene rings is 2. The molecule has 1 unspecified atom stereocenters. The molecular formula is C26H29FN6O5. The van der Waals surface area contributed by atoms with E-state index in [0.717, 1.165) is 0 Å². The maximum atomic E-state index is 15.3. The number of piperidine rings is 1. The molecule has 12 heteroatoms. The van der Waals surface area contributed by atoms with Gasteiger partial charge in [0, 0.05) is 49.7 Å². The number of nitrogens with zero attached hydrogens (tertiary/aromatic N) is 4. The van der Waals surface area contributed by atoms with E-state index < -0.39 is 33.9 Å². The molecule has 2 aliphatic rings. The van der Waals surface area contributed by atoms with Gasteiger partial charge in [-0.2, -0.15) is 5.26 Å². The van der Waals surface area contributed by atoms with Crippen LogP contribution in [0, 0.1) is 32.7 Å². The number of carbonyl (C=O) groups is 2. The van der Waals surface area contributed by atoms with Gasteiger partial charge in [0.05, 0.1) is 35.5 Å². The smallest absolute Gasteiger partial charge is 0.414 e. The molecule has 2 amide bonds. The van der Waals surface area contributed by atoms with E-state index in [9.17, 15) is 25.0 Å². The summed E-state index contributed by atoms with van der Waals surface area (Å²) in [5.74, 6) is -0.744. The number of rotatable bonds is 7. The molecular weight excluding hydrogens is 495 g/mol. The summed E-state index contributed by atoms with van der Waals surface area (Å²) in [4.78, 5) is 37.1. The maximum absolute atomic E-state index is 15.3. The van der Waals surface area contributed by atoms with Crippen LogP contribution in [-0.4, -0.2) is 54.7 Å². The van der Waals surface area contributed by atoms with E-state index in [1.807, 2.05) is 18.7 Å². The van der Waals surface area contributed by atoms with Crippen molar-refractivity contribution in [1.29, 1.82) is 5.26 Å². The van der Waals surface area contributed by atoms with Crippen LogP contribution >= 0.6 is 0 Å². The van der Waals surface area contributed by atoms with Crippen molar-refractivity contribution in [2.24, 2.45) is 5.41 Å². The number of non-ortho nitro benzene ring substituents is 1. The topological polar surface area (TPSA) is 141 Å². The SMILES string of the molecule is CC(=O)NC[C@H]1CN(c2ccc(N3CCC(C#N)(Nc4ccc([N+](=O)[O-])cc4)C(C)(C)C3)c(F)c2)C(=O)O1. The van der Waals surface area contributed by atoms with Crippen molar-refractivity contribution in [2.45, 2.75) is 38.8 Å². The molecule has 2 aliphatic heterocycles. The summed E-state index contributed by atoms with van der Waals surface area (Å²) in [5.41, 5.74) is -0.375. The summed E-state index contributed by atoms with van der Waals surface area (Å²) >= 11 is 0. The van der Waals surface area contributed by atoms with Crippen LogP contribution in [0.4, 0.5) is 31.9 Å². The minimum Gasteiger partial charge on any atom is -0.442 e. The Labute approximate surface area is 219 Å². The molecule has 0 aromatic heterocycles. The third kappa shape index (κ3) is 5.18. The number of hydrogen-bond donors (Lipinski definition) is 2. The molecule has 38 heavy (non-hydrogen) atoms. The lowest BCUT2D eigenvalue weighted by molar-refractivity contribution is -0.384. The lowest BCUT2D eigenvalue weighted by Gasteiger charge is -2.50. The van der Waals surface area contributed by atoms with Crippen molar-refractivity contribution >= 4 is 34.7 Å². The molecule has 0 saturated carbocycles. The summed E-state index contributed by atoms with van der Waals surface area (Å²) in [6.45, 7) is 6.32. The third-order valence-electron chi connectivity index (χ3n) is 7.16. The summed E-state index contributed by atoms with van der Waals surface area (Å²) in [6.07, 6.45) is -0.764. The van der Waals surface area contributed by atoms with E-state index in [1.165, 1.54) is 30.0 Å². The van der Waals surface area contributed by atoms with Crippen molar-refractivity contribution < 1.29 is 23.6 Å². The molecule has 0 radical (unpaired) electrons. The predicted octanol–water partition coefficient (Wildman–Crippen LogP) is 3.81. The fraction of sp³-hybridized carbons (Fsp3) is 0.423. The van der Waals surface area contributed by atoms with Crippen LogP contribution in [0.1, 0.15) is 27.2 Å². The average molecular weight is 525 g/mol. The fourth-order valence-corrected chi connectivity index (χ4v) is 4.93. The highest BCUT2D eigenvalue weighted by atomic mass is 19.1. The van der Waals surface area contributed by atoms with E-state index in [1.54, 1.807) is 24.3 Å². The highest BCUT2D eigenvalue weighted by Crippen LogP contribution is 2.43. The lowest BCUT2D eigenvalue weighted by atomic mass is 9.68. The fourth-order valence-electron chi connectivity index (χ4n) is 4.93. The number of anilines is 3. The van der Waals surface area contributed by atoms with E-state index in [-0.39, 0.29) is 24.7 Å². The van der Waals surface area contributed by atoms with E-state index >= 15 is 4.39 Å². The van der Waals surface area contributed by atoms with Gasteiger partial charge in [-0.15, -0.1) is 0 Å². The van der Waals surface area contributed by atoms with Crippen molar-refractivity contribution in [1.82, 2.24) is 5.32 Å². The number of carbonyl (C=O) groups excluding carboxylic acids is 2. The largest absolute Gasteiger partial charge is 0.442 e. The Balaban J connectivity index is 1.48. The van der Waals surface area contributed by atoms with Crippen LogP contribution in [0.5, 0.6) is 0 Å². The first kappa shape index (κ1) is 26.7. The van der Waals surface area contributed by atoms with Crippen molar-refractivity contribution in [3.63, 3.8) is 0 Å². The molecule has 2 fully saturated rings. The second kappa shape index (κ2) is 10.2. The molecule has 2 aromatic carbocycles. The summed E-state index contributed by atoms with van der Waals surface area (Å²) in [7, 11) is 0. The Kier molecular flexibility index (Phi) is 7.13. The van der Waals surface area contributed by atoms with Crippen LogP contribution in [-0.2, 0) is 9.53 Å². The summed E-state index contributed by atoms with van der Waals surface area (Å²) < 4.78 is 20.6. The van der Waals surface area contributed by atoms with Gasteiger partial charge in [-0.05, 0) is 30.3 Å². The van der Waals surface area contributed by atoms with Crippen molar-refractivity contribution in [3.05, 3.63) is 58.4 Å². The molecule has 11 nitrogen and oxygen atoms in total. The zero-order chi connectivity index (χ0) is 27.7. The van der Waals surface area contributed by atoms with Crippen LogP contribution in [0.3, 0.4) is 0 Å². The van der Waals surface area contributed by atoms with Gasteiger partial charge in [-0.25, -0.2) is 9.18 Å². The average Bonchev–Trinajstić information content (AvgIpc) is 3.24. The Morgan fingerprint density at radius 3 is 2.58 bits per heavy atom. The highest BCUT2D eigenvalue weighted by molar-refractivity contribution is 5.90. The number of nitro benzene ring substituents is 1. The quantitative estimate of drug-likeness (QED) is 0.412. The molecule has 2 atom stereocenters. The first-order valence-electron chi connectivity index (χ1n) is 12.2. The van der Waals surface area contributed by atoms with Gasteiger partial charge < -0.3 is 20.3 Å². The van der Waals surface area contributed by atoms with E-state index in [0.29, 0.717) is 36.6 Å². The Morgan fingerprint density at radius 1 is 1.29 bits per heavy atom. The molecule has 2 saturated heterocycles. The highest BCUT2D eigenvalue weighted by Gasteiger charge is 2.50. The van der Waals surface area contributed by atoms with Crippen LogP contribution < -0.4 is 20.4 Å². The van der Waals surface area contributed by atoms with Crippen LogP contribution in [0.15, 0.2) is 42.5 Å². The van der Waals surface area contributed by atoms with Gasteiger partial charge in [-0.1, -0.05) is 13.8 Å². The number of amides is 2. The number of hydrogen-bond acceptors (Lipinski definition) is 8. The first-order valence-corrected chi connectivity index (χ1v) is 12.2. The van der Waals surface area contributed by atoms with Gasteiger partial charge in [0.1, 0.15) is 17.5 Å². The monoisotopic (exact) mass is 524 g/mol. The van der Waals surface area contributed by atoms with E-state index in [4.69, 9.17) is 4.74 Å². The minimum absolute atomic E-state index is 0.0417. The molecule has 0 spiro atoms. The predicted molar refractivity (Wildman–Crippen MR) is 138 cm³/mol. The maximum Gasteiger partial charge on any atom is 0.414 e. The summed E-state index contributed by atoms with van der Waals surface area (Å²) in [6, 6.07) is 12.8. The Hall–Kier alpha value is -4.40. The molecule has 200 valence electrons. The van der Waals surface area contributed by atoms with Gasteiger partial charge in [0.25, 0.3) is 5.69 Å². The summed E-state index contributed by atoms with van der Waals surface area (Å²) in [5, 5.41) is 27.0. The number of nitrogens with one attached hydrogen (secondary N) is 2. The van der Waals surface area contributed by atoms with Gasteiger partial charge >= 0.3 is 6.09 Å². The number of cyclic esters (lactones) is 1. The van der Waals surface area contributed by atoms with Crippen molar-refractivity contribution in [3.8, 4) is 6.07 Å². The second-order valence-electron chi connectivity index (χ2n) is 10.2. The zero-order valence-electron chi connectivity index (χ0n) is 21.4. The number of nitro groups is 1. The molecule has 0 aliphatic carbocycles. The number of ether oxygens (including phenoxy) is 1. The first-order chi connectivity index (χ1) is 17.9. The second-order valence-corrected chi connectivity index (χ2v) is 10.2. The van der Waals surface area contributed by atoms with Crippen molar-refractivity contribution in [2.75, 3.05) is 41.3 Å². The standard InChI is InChI=1S/C26H29FN6O5/c1-17(34)29-13-21-14-32(24(35)38-21)20-8-9-23(22(27)12-20)31-11-10-26(15-28,25(2,3)16-31)30-18-4-6-19(7-5-18)33(36)37/h4-9,12,21,30H,10-11,13-14,16H2,1-3H3,(H,29,34)/t21-,26?/m0/s1. The molecule has 2 aromatic rings.